The summed E-state index contributed by atoms with van der Waals surface area (Å²) in [5.41, 5.74) is 2.42. The molecule has 0 heteroatoms. The van der Waals surface area contributed by atoms with E-state index in [-0.39, 0.29) is 102 Å². The topological polar surface area (TPSA) is 0 Å². The highest BCUT2D eigenvalue weighted by molar-refractivity contribution is 6.28. The summed E-state index contributed by atoms with van der Waals surface area (Å²) in [6, 6.07) is 35.0. The standard InChI is InChI=1S/C44H28.C40H26.C34H22/c1-4-18-33-29(12-1)15-9-23-36(33)32-26-27-41-42(28-32)44(38-25-11-17-31-14-3-6-20-35(31)38)40-22-8-7-21-39(40)43(41)37-24-10-16-30-13-2-5-19-34(30)37;1-2-12-31-26-32(25-22-27(31)10-1)28-20-23-30(24-21-28)39-35-15-5-7-17-37(35)40(38-18-8-6-16-36(38)39)34-19-9-13-29-11-3-4-14-33(29)34;1-3-11-25-21-27(19-17-23(25)9-1)33-29-13-5-7-15-31(29)34(32-16-8-6-14-30(32)33)28-20-18-24-10-2-4-12-26(24)22-28/h1-28H;1-26H;1-22H/i7D,8D,21D,22D,26D,27D,28D;3D,4D,5D,6D,7D,8D,9D,11D,13D,14D,15D,16D,17D,19D;1D,2D,3D,4D,5D,6D,7D,8D,9D,10D,11D,12D,13D,14D,15D,16D,17D,18D,19D,20D,21D,22D. The molecule has 0 saturated carbocycles. The molecule has 548 valence electrons. The van der Waals surface area contributed by atoms with Crippen molar-refractivity contribution in [3.8, 4) is 89.0 Å². The highest BCUT2D eigenvalue weighted by atomic mass is 14.3. The molecule has 118 heavy (non-hydrogen) atoms. The van der Waals surface area contributed by atoms with Gasteiger partial charge >= 0.3 is 0 Å². The first-order valence-electron chi connectivity index (χ1n) is 58.9. The van der Waals surface area contributed by atoms with Gasteiger partial charge < -0.3 is 0 Å². The van der Waals surface area contributed by atoms with Crippen LogP contribution in [0.3, 0.4) is 0 Å². The molecule has 0 fully saturated rings. The van der Waals surface area contributed by atoms with E-state index in [1.165, 1.54) is 6.07 Å². The molecule has 0 aromatic heterocycles. The first kappa shape index (κ1) is 38.2. The minimum absolute atomic E-state index is 0.00600. The fourth-order valence-electron chi connectivity index (χ4n) is 16.1. The van der Waals surface area contributed by atoms with E-state index >= 15 is 0 Å². The van der Waals surface area contributed by atoms with Crippen molar-refractivity contribution in [1.82, 2.24) is 0 Å². The van der Waals surface area contributed by atoms with Gasteiger partial charge in [-0.05, 0) is 253 Å². The largest absolute Gasteiger partial charge is 0.0636 e. The third-order valence-electron chi connectivity index (χ3n) is 21.3. The summed E-state index contributed by atoms with van der Waals surface area (Å²) < 4.78 is 382. The second-order valence-corrected chi connectivity index (χ2v) is 27.8. The van der Waals surface area contributed by atoms with Crippen LogP contribution in [0, 0.1) is 0 Å². The van der Waals surface area contributed by atoms with Gasteiger partial charge in [-0.15, -0.1) is 0 Å². The molecular weight excluding hydrogens is 1420 g/mol. The second kappa shape index (κ2) is 29.6. The van der Waals surface area contributed by atoms with Crippen LogP contribution in [0.2, 0.25) is 0 Å². The lowest BCUT2D eigenvalue weighted by Crippen LogP contribution is -1.93. The highest BCUT2D eigenvalue weighted by Gasteiger charge is 2.24. The quantitative estimate of drug-likeness (QED) is 0.133. The van der Waals surface area contributed by atoms with Crippen molar-refractivity contribution in [3.63, 3.8) is 0 Å². The lowest BCUT2D eigenvalue weighted by atomic mass is 9.82. The second-order valence-electron chi connectivity index (χ2n) is 27.8. The lowest BCUT2D eigenvalue weighted by molar-refractivity contribution is 1.63. The van der Waals surface area contributed by atoms with Crippen LogP contribution in [0.5, 0.6) is 0 Å². The van der Waals surface area contributed by atoms with Crippen molar-refractivity contribution in [2.75, 3.05) is 0 Å². The van der Waals surface area contributed by atoms with Crippen LogP contribution in [0.15, 0.2) is 460 Å². The highest BCUT2D eigenvalue weighted by Crippen LogP contribution is 2.51. The molecule has 0 aliphatic heterocycles. The van der Waals surface area contributed by atoms with Gasteiger partial charge in [0.2, 0.25) is 0 Å². The van der Waals surface area contributed by atoms with E-state index in [9.17, 15) is 13.7 Å². The van der Waals surface area contributed by atoms with Gasteiger partial charge in [0.25, 0.3) is 0 Å². The predicted molar refractivity (Wildman–Crippen MR) is 510 cm³/mol. The van der Waals surface area contributed by atoms with Gasteiger partial charge in [-0.25, -0.2) is 0 Å². The molecule has 0 N–H and O–H groups in total. The van der Waals surface area contributed by atoms with E-state index in [4.69, 9.17) is 45.2 Å². The molecule has 0 aliphatic rings. The SMILES string of the molecule is [2H]c1c([2H])c([2H])c2c(-c3cccc4ccccc34)c3c([2H])c(-c4cccc5ccccc45)c([2H])c([2H])c3c(-c3cccc4ccccc34)c2c1[2H].[2H]c1c([2H])c([2H])c2c([2H])c(-c3c4c([2H])c([2H])c([2H])c([2H])c4c(-c4c([2H])c([2H])c5c([2H])c([2H])c([2H])c([2H])c5c4[2H])c4c([2H])c([2H])c([2H])c([2H])c34)c([2H])c([2H])c2c1[2H].[2H]c1cc2c(-c3c([2H])c([2H])c([2H])c4c([2H])c([2H])c([2H])c([2H])c34)c3c([2H])c([2H])c([2H])c([2H])c3c(-c3ccc(-c4ccc5ccccc5c4)cc3)c2c([2H])c1[2H]. The third kappa shape index (κ3) is 12.2. The third-order valence-corrected chi connectivity index (χ3v) is 21.3. The Morgan fingerprint density at radius 3 is 1.00 bits per heavy atom. The molecule has 0 amide bonds. The molecule has 0 radical (unpaired) electrons. The Kier molecular flexibility index (Phi) is 9.57. The maximum atomic E-state index is 10.1. The summed E-state index contributed by atoms with van der Waals surface area (Å²) in [5.74, 6) is 0. The maximum absolute atomic E-state index is 10.1. The van der Waals surface area contributed by atoms with Gasteiger partial charge in [0, 0.05) is 0 Å². The van der Waals surface area contributed by atoms with Gasteiger partial charge in [0.15, 0.2) is 0 Å². The molecule has 0 bridgehead atoms. The lowest BCUT2D eigenvalue weighted by Gasteiger charge is -2.20. The maximum Gasteiger partial charge on any atom is 0.0636 e. The van der Waals surface area contributed by atoms with Crippen molar-refractivity contribution < 1.29 is 58.9 Å². The van der Waals surface area contributed by atoms with Gasteiger partial charge in [-0.1, -0.05) is 436 Å². The van der Waals surface area contributed by atoms with E-state index in [0.29, 0.717) is 49.7 Å². The normalized spacial score (nSPS) is 16.7. The summed E-state index contributed by atoms with van der Waals surface area (Å²) in [7, 11) is 0. The zero-order valence-electron chi connectivity index (χ0n) is 105. The van der Waals surface area contributed by atoms with Crippen LogP contribution in [-0.4, -0.2) is 0 Å². The first-order chi connectivity index (χ1) is 76.5. The van der Waals surface area contributed by atoms with Crippen LogP contribution >= 0.6 is 0 Å². The van der Waals surface area contributed by atoms with Crippen LogP contribution in [0.25, 0.3) is 229 Å². The Bertz CT molecular complexity index is 10600. The molecule has 24 aromatic carbocycles. The van der Waals surface area contributed by atoms with Crippen LogP contribution in [0.1, 0.15) is 58.9 Å². The van der Waals surface area contributed by atoms with Gasteiger partial charge in [-0.3, -0.25) is 0 Å². The van der Waals surface area contributed by atoms with Gasteiger partial charge in [0.05, 0.1) is 58.9 Å². The molecular formula is C118H76. The van der Waals surface area contributed by atoms with E-state index in [2.05, 4.69) is 0 Å². The molecule has 0 atom stereocenters. The predicted octanol–water partition coefficient (Wildman–Crippen LogP) is 33.4. The van der Waals surface area contributed by atoms with Crippen LogP contribution in [0.4, 0.5) is 0 Å². The molecule has 24 rings (SSSR count). The van der Waals surface area contributed by atoms with Crippen molar-refractivity contribution in [1.29, 1.82) is 0 Å². The Balaban J connectivity index is 0.000000134. The monoisotopic (exact) mass is 1540 g/mol. The summed E-state index contributed by atoms with van der Waals surface area (Å²) in [6.07, 6.45) is 0. The fraction of sp³-hybridized carbons (Fsp3) is 0. The van der Waals surface area contributed by atoms with E-state index in [0.717, 1.165) is 54.2 Å². The van der Waals surface area contributed by atoms with Crippen molar-refractivity contribution in [2.24, 2.45) is 0 Å². The zero-order valence-corrected chi connectivity index (χ0v) is 61.6. The van der Waals surface area contributed by atoms with Crippen LogP contribution in [-0.2, 0) is 0 Å². The molecule has 0 spiro atoms. The minimum atomic E-state index is -0.909. The Morgan fingerprint density at radius 1 is 0.127 bits per heavy atom. The smallest absolute Gasteiger partial charge is 0.0616 e. The Morgan fingerprint density at radius 2 is 0.475 bits per heavy atom. The summed E-state index contributed by atoms with van der Waals surface area (Å²) in [5, 5.41) is 3.04. The summed E-state index contributed by atoms with van der Waals surface area (Å²) >= 11 is 0. The number of rotatable bonds is 8. The van der Waals surface area contributed by atoms with Gasteiger partial charge in [-0.2, -0.15) is 0 Å². The molecule has 0 aliphatic carbocycles. The van der Waals surface area contributed by atoms with Crippen LogP contribution < -0.4 is 0 Å². The number of fused-ring (bicyclic) bond motifs is 13. The number of hydrogen-bond donors (Lipinski definition) is 0. The first-order valence-corrected chi connectivity index (χ1v) is 37.4. The van der Waals surface area contributed by atoms with E-state index in [1.807, 2.05) is 182 Å². The average molecular weight is 1540 g/mol. The van der Waals surface area contributed by atoms with Crippen molar-refractivity contribution >= 4 is 140 Å². The number of hydrogen-bond acceptors (Lipinski definition) is 0. The minimum Gasteiger partial charge on any atom is -0.0616 e. The van der Waals surface area contributed by atoms with E-state index in [1.54, 1.807) is 12.1 Å². The van der Waals surface area contributed by atoms with E-state index < -0.39 is 283 Å². The Labute approximate surface area is 745 Å². The van der Waals surface area contributed by atoms with Crippen molar-refractivity contribution in [3.05, 3.63) is 460 Å². The fourth-order valence-corrected chi connectivity index (χ4v) is 16.1. The molecule has 24 aromatic rings. The number of benzene rings is 24. The molecule has 0 nitrogen and oxygen atoms in total. The average Bonchev–Trinajstić information content (AvgIpc) is 0.684. The summed E-state index contributed by atoms with van der Waals surface area (Å²) in [6.45, 7) is 0. The van der Waals surface area contributed by atoms with Gasteiger partial charge in [0.1, 0.15) is 0 Å². The Hall–Kier alpha value is -15.3. The molecule has 0 saturated heterocycles. The zero-order chi connectivity index (χ0) is 115. The van der Waals surface area contributed by atoms with Crippen molar-refractivity contribution in [2.45, 2.75) is 0 Å². The molecule has 0 unspecified atom stereocenters. The molecule has 0 heterocycles. The summed E-state index contributed by atoms with van der Waals surface area (Å²) in [4.78, 5) is 0.